The smallest absolute Gasteiger partial charge is 0.264 e. The van der Waals surface area contributed by atoms with Crippen molar-refractivity contribution < 1.29 is 22.7 Å². The molecule has 1 saturated carbocycles. The number of sulfonamides is 1. The molecule has 0 radical (unpaired) electrons. The van der Waals surface area contributed by atoms with E-state index in [1.54, 1.807) is 56.8 Å². The van der Waals surface area contributed by atoms with Gasteiger partial charge in [0.2, 0.25) is 0 Å². The molecule has 1 amide bonds. The van der Waals surface area contributed by atoms with Gasteiger partial charge in [0.1, 0.15) is 0 Å². The Hall–Kier alpha value is -4.17. The summed E-state index contributed by atoms with van der Waals surface area (Å²) in [7, 11) is -2.35. The van der Waals surface area contributed by atoms with Gasteiger partial charge in [-0.2, -0.15) is 0 Å². The van der Waals surface area contributed by atoms with Gasteiger partial charge in [0, 0.05) is 23.9 Å². The number of methoxy groups -OCH3 is 1. The lowest BCUT2D eigenvalue weighted by atomic mass is 9.85. The minimum Gasteiger partial charge on any atom is -0.493 e. The van der Waals surface area contributed by atoms with Gasteiger partial charge in [-0.15, -0.1) is 0 Å². The molecule has 0 spiro atoms. The predicted molar refractivity (Wildman–Crippen MR) is 158 cm³/mol. The molecule has 4 aromatic rings. The van der Waals surface area contributed by atoms with Gasteiger partial charge in [-0.25, -0.2) is 13.1 Å². The van der Waals surface area contributed by atoms with Gasteiger partial charge >= 0.3 is 0 Å². The first kappa shape index (κ1) is 28.4. The molecule has 3 aromatic carbocycles. The first-order valence-corrected chi connectivity index (χ1v) is 15.3. The fourth-order valence-corrected chi connectivity index (χ4v) is 6.55. The predicted octanol–water partition coefficient (Wildman–Crippen LogP) is 6.21. The van der Waals surface area contributed by atoms with E-state index in [1.807, 2.05) is 36.4 Å². The summed E-state index contributed by atoms with van der Waals surface area (Å²) in [4.78, 5) is 17.2. The molecule has 1 fully saturated rings. The van der Waals surface area contributed by atoms with E-state index in [0.29, 0.717) is 17.7 Å². The molecule has 1 unspecified atom stereocenters. The maximum absolute atomic E-state index is 12.9. The fraction of sp³-hybridized carbons (Fsp3) is 0.273. The molecule has 5 rings (SSSR count). The van der Waals surface area contributed by atoms with Gasteiger partial charge in [0.25, 0.3) is 15.9 Å². The zero-order valence-electron chi connectivity index (χ0n) is 23.2. The topological polar surface area (TPSA) is 94.6 Å². The second-order valence-electron chi connectivity index (χ2n) is 10.4. The molecular formula is C33H34N2O5S. The van der Waals surface area contributed by atoms with Crippen LogP contribution in [0.4, 0.5) is 0 Å². The average molecular weight is 571 g/mol. The van der Waals surface area contributed by atoms with Crippen molar-refractivity contribution >= 4 is 15.9 Å². The summed E-state index contributed by atoms with van der Waals surface area (Å²) in [5, 5.41) is 0. The Morgan fingerprint density at radius 3 is 2.29 bits per heavy atom. The number of amides is 1. The number of aryl methyl sites for hydroxylation is 1. The maximum atomic E-state index is 12.9. The number of carbonyl (C=O) groups is 1. The number of rotatable bonds is 10. The Kier molecular flexibility index (Phi) is 8.69. The van der Waals surface area contributed by atoms with Gasteiger partial charge in [0.05, 0.1) is 18.1 Å². The Balaban J connectivity index is 1.43. The quantitative estimate of drug-likeness (QED) is 0.244. The number of hydrogen-bond donors (Lipinski definition) is 1. The lowest BCUT2D eigenvalue weighted by Crippen LogP contribution is -2.31. The average Bonchev–Trinajstić information content (AvgIpc) is 3.49. The lowest BCUT2D eigenvalue weighted by molar-refractivity contribution is 0.0981. The van der Waals surface area contributed by atoms with E-state index in [2.05, 4.69) is 15.8 Å². The first-order valence-electron chi connectivity index (χ1n) is 13.8. The van der Waals surface area contributed by atoms with Crippen molar-refractivity contribution in [3.63, 3.8) is 0 Å². The van der Waals surface area contributed by atoms with Crippen LogP contribution in [0.1, 0.15) is 64.2 Å². The normalized spacial score (nSPS) is 14.4. The van der Waals surface area contributed by atoms with Crippen LogP contribution in [0.3, 0.4) is 0 Å². The molecular weight excluding hydrogens is 536 g/mol. The summed E-state index contributed by atoms with van der Waals surface area (Å²) in [5.41, 5.74) is 3.98. The highest BCUT2D eigenvalue weighted by atomic mass is 32.2. The third-order valence-corrected chi connectivity index (χ3v) is 9.05. The highest BCUT2D eigenvalue weighted by molar-refractivity contribution is 7.90. The number of nitrogens with one attached hydrogen (secondary N) is 1. The minimum atomic E-state index is -4.00. The number of ether oxygens (including phenoxy) is 2. The molecule has 41 heavy (non-hydrogen) atoms. The van der Waals surface area contributed by atoms with E-state index >= 15 is 0 Å². The van der Waals surface area contributed by atoms with Crippen molar-refractivity contribution in [2.45, 2.75) is 55.9 Å². The number of carbonyl (C=O) groups excluding carboxylic acids is 1. The number of benzene rings is 3. The monoisotopic (exact) mass is 570 g/mol. The van der Waals surface area contributed by atoms with Gasteiger partial charge < -0.3 is 9.47 Å². The van der Waals surface area contributed by atoms with Crippen molar-refractivity contribution in [1.29, 1.82) is 0 Å². The maximum Gasteiger partial charge on any atom is 0.264 e. The van der Waals surface area contributed by atoms with E-state index in [-0.39, 0.29) is 22.5 Å². The van der Waals surface area contributed by atoms with Crippen LogP contribution in [0.15, 0.2) is 96.2 Å². The van der Waals surface area contributed by atoms with E-state index in [0.717, 1.165) is 35.3 Å². The second-order valence-corrected chi connectivity index (χ2v) is 12.0. The van der Waals surface area contributed by atoms with Crippen LogP contribution in [0, 0.1) is 6.92 Å². The van der Waals surface area contributed by atoms with Crippen LogP contribution < -0.4 is 14.2 Å². The van der Waals surface area contributed by atoms with Crippen LogP contribution in [0.25, 0.3) is 0 Å². The number of nitrogens with zero attached hydrogens (tertiary/aromatic N) is 1. The molecule has 0 bridgehead atoms. The fourth-order valence-electron chi connectivity index (χ4n) is 5.33. The molecule has 1 heterocycles. The van der Waals surface area contributed by atoms with Gasteiger partial charge in [-0.05, 0) is 104 Å². The largest absolute Gasteiger partial charge is 0.493 e. The summed E-state index contributed by atoms with van der Waals surface area (Å²) in [5.74, 6) is 0.698. The van der Waals surface area contributed by atoms with Crippen LogP contribution in [0.5, 0.6) is 11.5 Å². The molecule has 1 atom stereocenters. The SMILES string of the molecule is COc1ccc(C(Cc2ccncc2)c2ccc(C(=O)NS(=O)(=O)c3ccccc3C)cc2)cc1OC1CCCC1. The van der Waals surface area contributed by atoms with Crippen molar-refractivity contribution in [2.75, 3.05) is 7.11 Å². The zero-order valence-corrected chi connectivity index (χ0v) is 24.1. The summed E-state index contributed by atoms with van der Waals surface area (Å²) in [6.07, 6.45) is 8.85. The number of aromatic nitrogens is 1. The number of hydrogen-bond acceptors (Lipinski definition) is 6. The van der Waals surface area contributed by atoms with Crippen molar-refractivity contribution in [3.8, 4) is 11.5 Å². The molecule has 1 aromatic heterocycles. The Labute approximate surface area is 241 Å². The third kappa shape index (κ3) is 6.77. The van der Waals surface area contributed by atoms with Crippen molar-refractivity contribution in [2.24, 2.45) is 0 Å². The highest BCUT2D eigenvalue weighted by Gasteiger charge is 2.23. The molecule has 8 heteroatoms. The van der Waals surface area contributed by atoms with Crippen LogP contribution in [-0.2, 0) is 16.4 Å². The summed E-state index contributed by atoms with van der Waals surface area (Å²) >= 11 is 0. The summed E-state index contributed by atoms with van der Waals surface area (Å²) < 4.78 is 39.9. The molecule has 0 saturated heterocycles. The van der Waals surface area contributed by atoms with Gasteiger partial charge in [0.15, 0.2) is 11.5 Å². The Morgan fingerprint density at radius 2 is 1.61 bits per heavy atom. The second kappa shape index (κ2) is 12.6. The van der Waals surface area contributed by atoms with Crippen LogP contribution in [0.2, 0.25) is 0 Å². The van der Waals surface area contributed by atoms with Gasteiger partial charge in [-0.1, -0.05) is 36.4 Å². The van der Waals surface area contributed by atoms with Crippen molar-refractivity contribution in [1.82, 2.24) is 9.71 Å². The lowest BCUT2D eigenvalue weighted by Gasteiger charge is -2.22. The van der Waals surface area contributed by atoms with E-state index in [1.165, 1.54) is 18.9 Å². The zero-order chi connectivity index (χ0) is 28.8. The molecule has 212 valence electrons. The van der Waals surface area contributed by atoms with E-state index in [4.69, 9.17) is 9.47 Å². The standard InChI is InChI=1S/C33H34N2O5S/c1-23-7-3-6-10-32(23)41(37,38)35-33(36)26-13-11-25(12-14-26)29(21-24-17-19-34-20-18-24)27-15-16-30(39-2)31(22-27)40-28-8-4-5-9-28/h3,6-7,10-20,22,28-29H,4-5,8-9,21H2,1-2H3,(H,35,36). The van der Waals surface area contributed by atoms with Gasteiger partial charge in [-0.3, -0.25) is 9.78 Å². The minimum absolute atomic E-state index is 0.0537. The highest BCUT2D eigenvalue weighted by Crippen LogP contribution is 2.37. The summed E-state index contributed by atoms with van der Waals surface area (Å²) in [6, 6.07) is 23.7. The van der Waals surface area contributed by atoms with E-state index < -0.39 is 15.9 Å². The Morgan fingerprint density at radius 1 is 0.927 bits per heavy atom. The first-order chi connectivity index (χ1) is 19.8. The number of pyridine rings is 1. The molecule has 0 aliphatic heterocycles. The Bertz CT molecular complexity index is 1600. The van der Waals surface area contributed by atoms with Crippen LogP contribution in [-0.4, -0.2) is 32.5 Å². The van der Waals surface area contributed by atoms with E-state index in [9.17, 15) is 13.2 Å². The third-order valence-electron chi connectivity index (χ3n) is 7.56. The molecule has 1 aliphatic carbocycles. The van der Waals surface area contributed by atoms with Crippen molar-refractivity contribution in [3.05, 3.63) is 119 Å². The van der Waals surface area contributed by atoms with Crippen LogP contribution >= 0.6 is 0 Å². The molecule has 1 aliphatic rings. The molecule has 1 N–H and O–H groups in total. The summed E-state index contributed by atoms with van der Waals surface area (Å²) in [6.45, 7) is 1.69. The molecule has 7 nitrogen and oxygen atoms in total.